The molecule has 0 spiro atoms. The molecule has 0 aliphatic heterocycles. The molecule has 8 rings (SSSR count). The zero-order valence-electron chi connectivity index (χ0n) is 37.2. The van der Waals surface area contributed by atoms with Crippen molar-refractivity contribution in [2.45, 2.75) is 105 Å². The van der Waals surface area contributed by atoms with Gasteiger partial charge in [0.15, 0.2) is 0 Å². The van der Waals surface area contributed by atoms with E-state index in [4.69, 9.17) is 0 Å². The predicted octanol–water partition coefficient (Wildman–Crippen LogP) is 15.3. The first-order valence-corrected chi connectivity index (χ1v) is 21.1. The van der Waals surface area contributed by atoms with Crippen LogP contribution < -0.4 is 0 Å². The Morgan fingerprint density at radius 2 is 0.667 bits per heavy atom. The van der Waals surface area contributed by atoms with Crippen LogP contribution in [0.25, 0.3) is 76.8 Å². The molecule has 0 saturated heterocycles. The van der Waals surface area contributed by atoms with Crippen LogP contribution in [-0.2, 0) is 21.7 Å². The van der Waals surface area contributed by atoms with Crippen molar-refractivity contribution < 1.29 is 20.4 Å². The van der Waals surface area contributed by atoms with Crippen molar-refractivity contribution in [1.82, 2.24) is 0 Å². The molecule has 8 aromatic rings. The molecule has 60 heavy (non-hydrogen) atoms. The van der Waals surface area contributed by atoms with Crippen LogP contribution in [0.5, 0.6) is 23.0 Å². The fraction of sp³-hybridized carbons (Fsp3) is 0.286. The molecule has 0 heterocycles. The van der Waals surface area contributed by atoms with E-state index < -0.39 is 10.8 Å². The molecule has 0 aromatic heterocycles. The zero-order chi connectivity index (χ0) is 43.4. The summed E-state index contributed by atoms with van der Waals surface area (Å²) in [4.78, 5) is 0. The monoisotopic (exact) mass is 794 g/mol. The average molecular weight is 795 g/mol. The van der Waals surface area contributed by atoms with Gasteiger partial charge in [-0.1, -0.05) is 186 Å². The number of phenols is 4. The molecule has 0 saturated carbocycles. The third-order valence-corrected chi connectivity index (χ3v) is 12.4. The maximum Gasteiger partial charge on any atom is 0.127 e. The van der Waals surface area contributed by atoms with E-state index in [0.717, 1.165) is 65.7 Å². The third-order valence-electron chi connectivity index (χ3n) is 12.4. The van der Waals surface area contributed by atoms with E-state index in [-0.39, 0.29) is 33.8 Å². The summed E-state index contributed by atoms with van der Waals surface area (Å²) in [6.07, 6.45) is 0. The van der Waals surface area contributed by atoms with E-state index in [0.29, 0.717) is 33.4 Å². The highest BCUT2D eigenvalue weighted by atomic mass is 16.3. The van der Waals surface area contributed by atoms with E-state index in [9.17, 15) is 20.4 Å². The summed E-state index contributed by atoms with van der Waals surface area (Å²) in [7, 11) is 0. The van der Waals surface area contributed by atoms with Crippen LogP contribution in [0.4, 0.5) is 0 Å². The van der Waals surface area contributed by atoms with Crippen molar-refractivity contribution in [2.24, 2.45) is 0 Å². The first kappa shape index (κ1) is 40.8. The van der Waals surface area contributed by atoms with Crippen molar-refractivity contribution in [1.29, 1.82) is 0 Å². The van der Waals surface area contributed by atoms with Crippen LogP contribution >= 0.6 is 0 Å². The second-order valence-corrected chi connectivity index (χ2v) is 20.8. The molecule has 0 aliphatic rings. The van der Waals surface area contributed by atoms with Gasteiger partial charge in [-0.05, 0) is 87.9 Å². The Balaban J connectivity index is 1.77. The van der Waals surface area contributed by atoms with Crippen molar-refractivity contribution in [3.05, 3.63) is 131 Å². The van der Waals surface area contributed by atoms with E-state index in [1.807, 2.05) is 72.8 Å². The molecule has 0 bridgehead atoms. The lowest BCUT2D eigenvalue weighted by molar-refractivity contribution is 0.447. The van der Waals surface area contributed by atoms with Gasteiger partial charge in [0.2, 0.25) is 0 Å². The summed E-state index contributed by atoms with van der Waals surface area (Å²) in [5, 5.41) is 56.3. The summed E-state index contributed by atoms with van der Waals surface area (Å²) < 4.78 is 0. The van der Waals surface area contributed by atoms with Crippen LogP contribution in [-0.4, -0.2) is 20.4 Å². The molecule has 0 radical (unpaired) electrons. The lowest BCUT2D eigenvalue weighted by atomic mass is 9.74. The highest BCUT2D eigenvalue weighted by molar-refractivity contribution is 6.34. The van der Waals surface area contributed by atoms with E-state index in [1.165, 1.54) is 0 Å². The summed E-state index contributed by atoms with van der Waals surface area (Å²) in [6.45, 7) is 25.2. The third kappa shape index (κ3) is 6.43. The first-order valence-electron chi connectivity index (χ1n) is 21.1. The minimum atomic E-state index is -0.414. The number of aromatic hydroxyl groups is 4. The van der Waals surface area contributed by atoms with Gasteiger partial charge < -0.3 is 20.4 Å². The summed E-state index contributed by atoms with van der Waals surface area (Å²) in [5.74, 6) is 0.651. The Morgan fingerprint density at radius 3 is 1.12 bits per heavy atom. The Hall–Kier alpha value is -6.00. The van der Waals surface area contributed by atoms with Crippen LogP contribution in [0.1, 0.15) is 105 Å². The Labute approximate surface area is 355 Å². The van der Waals surface area contributed by atoms with Crippen molar-refractivity contribution in [2.75, 3.05) is 0 Å². The molecule has 4 nitrogen and oxygen atoms in total. The molecule has 0 fully saturated rings. The zero-order valence-corrected chi connectivity index (χ0v) is 37.2. The van der Waals surface area contributed by atoms with Crippen LogP contribution in [0.3, 0.4) is 0 Å². The standard InChI is InChI=1S/C56H58O4/c1-53(2,3)39-24-14-20-33(49(39)57)38-30-32-19-13-18-31-28-29-34-44(35-21-15-25-40(50(35)58)54(4,5)6)46(36-22-16-26-41(51(36)59)55(7,8)9)47(48(38)45(34)43(31)32)37-23-17-27-42(52(37)60)56(10,11)12/h13-30,57-60H,1-12H3. The van der Waals surface area contributed by atoms with Crippen LogP contribution in [0.15, 0.2) is 109 Å². The fourth-order valence-electron chi connectivity index (χ4n) is 9.45. The molecule has 4 N–H and O–H groups in total. The van der Waals surface area contributed by atoms with Gasteiger partial charge in [-0.2, -0.15) is 0 Å². The van der Waals surface area contributed by atoms with Crippen molar-refractivity contribution in [3.8, 4) is 67.5 Å². The van der Waals surface area contributed by atoms with Gasteiger partial charge >= 0.3 is 0 Å². The van der Waals surface area contributed by atoms with Gasteiger partial charge in [0, 0.05) is 38.9 Å². The Bertz CT molecular complexity index is 2990. The van der Waals surface area contributed by atoms with E-state index >= 15 is 0 Å². The molecule has 8 aromatic carbocycles. The van der Waals surface area contributed by atoms with E-state index in [1.54, 1.807) is 0 Å². The maximum atomic E-state index is 12.8. The molecular weight excluding hydrogens is 737 g/mol. The van der Waals surface area contributed by atoms with Gasteiger partial charge in [0.1, 0.15) is 23.0 Å². The number of para-hydroxylation sites is 4. The van der Waals surface area contributed by atoms with Gasteiger partial charge in [-0.15, -0.1) is 0 Å². The summed E-state index contributed by atoms with van der Waals surface area (Å²) >= 11 is 0. The van der Waals surface area contributed by atoms with Crippen LogP contribution in [0.2, 0.25) is 0 Å². The molecule has 0 aliphatic carbocycles. The summed E-state index contributed by atoms with van der Waals surface area (Å²) in [6, 6.07) is 36.6. The van der Waals surface area contributed by atoms with Gasteiger partial charge in [0.05, 0.1) is 0 Å². The minimum Gasteiger partial charge on any atom is -0.507 e. The molecule has 0 atom stereocenters. The number of rotatable bonds is 4. The van der Waals surface area contributed by atoms with Crippen LogP contribution in [0, 0.1) is 0 Å². The first-order chi connectivity index (χ1) is 28.0. The van der Waals surface area contributed by atoms with Gasteiger partial charge in [-0.25, -0.2) is 0 Å². The van der Waals surface area contributed by atoms with Gasteiger partial charge in [0.25, 0.3) is 0 Å². The minimum absolute atomic E-state index is 0.136. The second kappa shape index (κ2) is 13.8. The highest BCUT2D eigenvalue weighted by Gasteiger charge is 2.34. The smallest absolute Gasteiger partial charge is 0.127 e. The average Bonchev–Trinajstić information content (AvgIpc) is 3.15. The number of hydrogen-bond donors (Lipinski definition) is 4. The molecule has 0 unspecified atom stereocenters. The topological polar surface area (TPSA) is 80.9 Å². The predicted molar refractivity (Wildman–Crippen MR) is 253 cm³/mol. The lowest BCUT2D eigenvalue weighted by Gasteiger charge is -2.30. The largest absolute Gasteiger partial charge is 0.507 e. The molecule has 4 heteroatoms. The van der Waals surface area contributed by atoms with Gasteiger partial charge in [-0.3, -0.25) is 0 Å². The summed E-state index contributed by atoms with van der Waals surface area (Å²) in [5.41, 5.74) is 7.03. The highest BCUT2D eigenvalue weighted by Crippen LogP contribution is 2.59. The Kier molecular flexibility index (Phi) is 9.36. The van der Waals surface area contributed by atoms with Crippen molar-refractivity contribution >= 4 is 32.3 Å². The normalized spacial score (nSPS) is 12.9. The molecular formula is C56H58O4. The lowest BCUT2D eigenvalue weighted by Crippen LogP contribution is -2.13. The van der Waals surface area contributed by atoms with Crippen molar-refractivity contribution in [3.63, 3.8) is 0 Å². The SMILES string of the molecule is CC(C)(C)c1cccc(-c2c(-c3cccc(C(C)(C)C)c3O)c3ccc4cccc5cc(-c6cccc(C(C)(C)C)c6O)c(c2-c2cccc(C(C)(C)C)c2O)c3c45)c1O. The quantitative estimate of drug-likeness (QED) is 0.134. The Morgan fingerprint density at radius 1 is 0.300 bits per heavy atom. The number of phenolic OH excluding ortho intramolecular Hbond substituents is 4. The van der Waals surface area contributed by atoms with E-state index in [2.05, 4.69) is 119 Å². The molecule has 0 amide bonds. The fourth-order valence-corrected chi connectivity index (χ4v) is 9.45. The second-order valence-electron chi connectivity index (χ2n) is 20.8. The molecule has 306 valence electrons. The number of benzene rings is 8. The number of hydrogen-bond acceptors (Lipinski definition) is 4. The maximum absolute atomic E-state index is 12.8.